The number of hydrogen-bond acceptors (Lipinski definition) is 2. The van der Waals surface area contributed by atoms with Crippen molar-refractivity contribution in [3.05, 3.63) is 12.2 Å². The average molecular weight is 148 g/mol. The molecule has 2 heteroatoms. The van der Waals surface area contributed by atoms with Crippen LogP contribution in [0.1, 0.15) is 12.8 Å². The Hall–Kier alpha value is 0.440. The molecule has 0 saturated heterocycles. The second-order valence-electron chi connectivity index (χ2n) is 1.50. The van der Waals surface area contributed by atoms with Crippen molar-refractivity contribution >= 4 is 25.3 Å². The normalized spacial score (nSPS) is 10.8. The SMILES string of the molecule is SCC/C=C\CCS. The molecule has 0 fully saturated rings. The first kappa shape index (κ1) is 8.44. The van der Waals surface area contributed by atoms with Crippen molar-refractivity contribution in [1.82, 2.24) is 0 Å². The van der Waals surface area contributed by atoms with Crippen LogP contribution in [0.3, 0.4) is 0 Å². The minimum Gasteiger partial charge on any atom is -0.179 e. The van der Waals surface area contributed by atoms with Gasteiger partial charge in [-0.1, -0.05) is 12.2 Å². The third kappa shape index (κ3) is 6.44. The molecule has 0 bridgehead atoms. The number of hydrogen-bond donors (Lipinski definition) is 2. The quantitative estimate of drug-likeness (QED) is 0.443. The van der Waals surface area contributed by atoms with E-state index in [0.717, 1.165) is 24.3 Å². The molecule has 0 rings (SSSR count). The predicted octanol–water partition coefficient (Wildman–Crippen LogP) is 2.18. The highest BCUT2D eigenvalue weighted by molar-refractivity contribution is 7.80. The zero-order valence-corrected chi connectivity index (χ0v) is 6.67. The van der Waals surface area contributed by atoms with Crippen molar-refractivity contribution in [1.29, 1.82) is 0 Å². The summed E-state index contributed by atoms with van der Waals surface area (Å²) in [5, 5.41) is 0. The molecule has 0 radical (unpaired) electrons. The van der Waals surface area contributed by atoms with E-state index >= 15 is 0 Å². The summed E-state index contributed by atoms with van der Waals surface area (Å²) >= 11 is 8.10. The topological polar surface area (TPSA) is 0 Å². The first-order valence-electron chi connectivity index (χ1n) is 2.78. The van der Waals surface area contributed by atoms with Crippen LogP contribution < -0.4 is 0 Å². The fourth-order valence-electron chi connectivity index (χ4n) is 0.385. The molecule has 0 aromatic heterocycles. The van der Waals surface area contributed by atoms with Crippen LogP contribution in [0.2, 0.25) is 0 Å². The molecule has 0 nitrogen and oxygen atoms in total. The zero-order valence-electron chi connectivity index (χ0n) is 4.88. The summed E-state index contributed by atoms with van der Waals surface area (Å²) in [6.07, 6.45) is 6.44. The summed E-state index contributed by atoms with van der Waals surface area (Å²) < 4.78 is 0. The molecule has 0 aromatic carbocycles. The molecule has 0 aromatic rings. The van der Waals surface area contributed by atoms with Crippen LogP contribution in [0.5, 0.6) is 0 Å². The van der Waals surface area contributed by atoms with Gasteiger partial charge < -0.3 is 0 Å². The predicted molar refractivity (Wildman–Crippen MR) is 46.1 cm³/mol. The summed E-state index contributed by atoms with van der Waals surface area (Å²) in [4.78, 5) is 0. The molecule has 0 atom stereocenters. The molecule has 0 spiro atoms. The van der Waals surface area contributed by atoms with Crippen LogP contribution in [0.15, 0.2) is 12.2 Å². The van der Waals surface area contributed by atoms with Crippen LogP contribution >= 0.6 is 25.3 Å². The van der Waals surface area contributed by atoms with Gasteiger partial charge in [0.1, 0.15) is 0 Å². The summed E-state index contributed by atoms with van der Waals surface area (Å²) in [6, 6.07) is 0. The van der Waals surface area contributed by atoms with Gasteiger partial charge >= 0.3 is 0 Å². The second kappa shape index (κ2) is 7.44. The van der Waals surface area contributed by atoms with E-state index in [9.17, 15) is 0 Å². The third-order valence-electron chi connectivity index (χ3n) is 0.758. The molecule has 0 heterocycles. The van der Waals surface area contributed by atoms with Gasteiger partial charge in [0, 0.05) is 0 Å². The Morgan fingerprint density at radius 3 is 1.50 bits per heavy atom. The van der Waals surface area contributed by atoms with E-state index in [4.69, 9.17) is 0 Å². The summed E-state index contributed by atoms with van der Waals surface area (Å²) in [6.45, 7) is 0. The highest BCUT2D eigenvalue weighted by Crippen LogP contribution is 1.90. The Kier molecular flexibility index (Phi) is 7.85. The number of rotatable bonds is 4. The van der Waals surface area contributed by atoms with Gasteiger partial charge in [-0.3, -0.25) is 0 Å². The number of allylic oxidation sites excluding steroid dienone is 2. The fraction of sp³-hybridized carbons (Fsp3) is 0.667. The first-order chi connectivity index (χ1) is 3.91. The van der Waals surface area contributed by atoms with Crippen molar-refractivity contribution in [2.75, 3.05) is 11.5 Å². The van der Waals surface area contributed by atoms with E-state index in [1.807, 2.05) is 0 Å². The highest BCUT2D eigenvalue weighted by Gasteiger charge is 1.72. The summed E-state index contributed by atoms with van der Waals surface area (Å²) in [5.74, 6) is 1.89. The van der Waals surface area contributed by atoms with Crippen LogP contribution in [-0.4, -0.2) is 11.5 Å². The number of thiol groups is 2. The standard InChI is InChI=1S/C6H12S2/c7-5-3-1-2-4-6-8/h1-2,7-8H,3-6H2/b2-1-. The van der Waals surface area contributed by atoms with Gasteiger partial charge in [0.25, 0.3) is 0 Å². The van der Waals surface area contributed by atoms with Crippen LogP contribution in [-0.2, 0) is 0 Å². The minimum atomic E-state index is 0.947. The Bertz CT molecular complexity index is 51.5. The molecule has 0 amide bonds. The molecule has 0 saturated carbocycles. The third-order valence-corrected chi connectivity index (χ3v) is 1.27. The highest BCUT2D eigenvalue weighted by atomic mass is 32.1. The molecule has 0 aliphatic carbocycles. The molecule has 8 heavy (non-hydrogen) atoms. The fourth-order valence-corrected chi connectivity index (χ4v) is 0.683. The van der Waals surface area contributed by atoms with Gasteiger partial charge in [-0.2, -0.15) is 25.3 Å². The van der Waals surface area contributed by atoms with Gasteiger partial charge in [0.15, 0.2) is 0 Å². The first-order valence-corrected chi connectivity index (χ1v) is 4.05. The van der Waals surface area contributed by atoms with E-state index in [2.05, 4.69) is 37.4 Å². The van der Waals surface area contributed by atoms with Crippen molar-refractivity contribution in [2.24, 2.45) is 0 Å². The second-order valence-corrected chi connectivity index (χ2v) is 2.39. The van der Waals surface area contributed by atoms with Gasteiger partial charge in [-0.05, 0) is 24.3 Å². The van der Waals surface area contributed by atoms with Gasteiger partial charge in [-0.15, -0.1) is 0 Å². The smallest absolute Gasteiger partial charge is 0.00633 e. The monoisotopic (exact) mass is 148 g/mol. The van der Waals surface area contributed by atoms with Crippen molar-refractivity contribution < 1.29 is 0 Å². The Labute approximate surface area is 62.2 Å². The lowest BCUT2D eigenvalue weighted by molar-refractivity contribution is 1.18. The van der Waals surface area contributed by atoms with Crippen molar-refractivity contribution in [3.8, 4) is 0 Å². The molecule has 0 unspecified atom stereocenters. The largest absolute Gasteiger partial charge is 0.179 e. The molecule has 0 aliphatic rings. The van der Waals surface area contributed by atoms with Gasteiger partial charge in [-0.25, -0.2) is 0 Å². The van der Waals surface area contributed by atoms with Crippen LogP contribution in [0, 0.1) is 0 Å². The Morgan fingerprint density at radius 1 is 0.875 bits per heavy atom. The van der Waals surface area contributed by atoms with E-state index in [1.165, 1.54) is 0 Å². The molecular weight excluding hydrogens is 136 g/mol. The average Bonchev–Trinajstić information content (AvgIpc) is 1.81. The lowest BCUT2D eigenvalue weighted by atomic mass is 10.3. The van der Waals surface area contributed by atoms with Crippen molar-refractivity contribution in [2.45, 2.75) is 12.8 Å². The van der Waals surface area contributed by atoms with E-state index in [1.54, 1.807) is 0 Å². The van der Waals surface area contributed by atoms with Crippen molar-refractivity contribution in [3.63, 3.8) is 0 Å². The van der Waals surface area contributed by atoms with Gasteiger partial charge in [0.2, 0.25) is 0 Å². The van der Waals surface area contributed by atoms with Crippen LogP contribution in [0.4, 0.5) is 0 Å². The van der Waals surface area contributed by atoms with E-state index in [0.29, 0.717) is 0 Å². The molecular formula is C6H12S2. The maximum Gasteiger partial charge on any atom is -0.00633 e. The molecule has 48 valence electrons. The van der Waals surface area contributed by atoms with E-state index in [-0.39, 0.29) is 0 Å². The van der Waals surface area contributed by atoms with E-state index < -0.39 is 0 Å². The molecule has 0 N–H and O–H groups in total. The lowest BCUT2D eigenvalue weighted by Crippen LogP contribution is -1.69. The summed E-state index contributed by atoms with van der Waals surface area (Å²) in [7, 11) is 0. The van der Waals surface area contributed by atoms with Gasteiger partial charge in [0.05, 0.1) is 0 Å². The Morgan fingerprint density at radius 2 is 1.25 bits per heavy atom. The lowest BCUT2D eigenvalue weighted by Gasteiger charge is -1.82. The minimum absolute atomic E-state index is 0.947. The van der Waals surface area contributed by atoms with Crippen LogP contribution in [0.25, 0.3) is 0 Å². The maximum absolute atomic E-state index is 4.05. The molecule has 0 aliphatic heterocycles. The zero-order chi connectivity index (χ0) is 6.24. The Balaban J connectivity index is 2.83. The maximum atomic E-state index is 4.05. The summed E-state index contributed by atoms with van der Waals surface area (Å²) in [5.41, 5.74) is 0.